The molecule has 0 spiro atoms. The van der Waals surface area contributed by atoms with Gasteiger partial charge in [-0.2, -0.15) is 5.10 Å². The number of rotatable bonds is 1. The van der Waals surface area contributed by atoms with Crippen molar-refractivity contribution in [3.63, 3.8) is 0 Å². The second kappa shape index (κ2) is 2.92. The fourth-order valence-corrected chi connectivity index (χ4v) is 1.91. The van der Waals surface area contributed by atoms with Crippen LogP contribution in [0.1, 0.15) is 27.8 Å². The smallest absolute Gasteiger partial charge is 0.358 e. The summed E-state index contributed by atoms with van der Waals surface area (Å²) >= 11 is 0. The maximum Gasteiger partial charge on any atom is 0.358 e. The third-order valence-electron chi connectivity index (χ3n) is 2.62. The Morgan fingerprint density at radius 2 is 2.44 bits per heavy atom. The van der Waals surface area contributed by atoms with Crippen LogP contribution in [0.4, 0.5) is 0 Å². The molecule has 2 aromatic rings. The Morgan fingerprint density at radius 3 is 3.19 bits per heavy atom. The molecular weight excluding hydrogens is 214 g/mol. The van der Waals surface area contributed by atoms with Gasteiger partial charge >= 0.3 is 5.97 Å². The number of carboxylic acid groups (broad SMARTS) is 1. The molecule has 1 aliphatic carbocycles. The van der Waals surface area contributed by atoms with Gasteiger partial charge in [0, 0.05) is 12.1 Å². The number of aliphatic hydroxyl groups is 1. The van der Waals surface area contributed by atoms with E-state index in [2.05, 4.69) is 15.4 Å². The van der Waals surface area contributed by atoms with E-state index < -0.39 is 12.1 Å². The summed E-state index contributed by atoms with van der Waals surface area (Å²) in [6.45, 7) is 0. The Kier molecular flexibility index (Phi) is 1.66. The van der Waals surface area contributed by atoms with Crippen LogP contribution in [0.2, 0.25) is 0 Å². The molecule has 0 saturated carbocycles. The minimum absolute atomic E-state index is 0.224. The summed E-state index contributed by atoms with van der Waals surface area (Å²) in [6, 6.07) is 0. The SMILES string of the molecule is O=C(O)c1noc2c1C(O)Cc1[nH]ncc1-2. The maximum absolute atomic E-state index is 10.9. The summed E-state index contributed by atoms with van der Waals surface area (Å²) in [5.74, 6) is -0.934. The van der Waals surface area contributed by atoms with Gasteiger partial charge in [-0.05, 0) is 0 Å². The van der Waals surface area contributed by atoms with E-state index >= 15 is 0 Å². The van der Waals surface area contributed by atoms with Crippen LogP contribution in [0.25, 0.3) is 11.3 Å². The van der Waals surface area contributed by atoms with Gasteiger partial charge in [0.05, 0.1) is 23.4 Å². The Morgan fingerprint density at radius 1 is 1.62 bits per heavy atom. The quantitative estimate of drug-likeness (QED) is 0.640. The van der Waals surface area contributed by atoms with Gasteiger partial charge in [0.25, 0.3) is 0 Å². The number of nitrogens with one attached hydrogen (secondary N) is 1. The number of aromatic nitrogens is 3. The lowest BCUT2D eigenvalue weighted by molar-refractivity contribution is 0.0678. The average molecular weight is 221 g/mol. The van der Waals surface area contributed by atoms with E-state index in [0.29, 0.717) is 11.3 Å². The molecule has 7 nitrogen and oxygen atoms in total. The molecule has 0 radical (unpaired) electrons. The molecule has 16 heavy (non-hydrogen) atoms. The van der Waals surface area contributed by atoms with E-state index in [1.165, 1.54) is 6.20 Å². The monoisotopic (exact) mass is 221 g/mol. The number of aliphatic hydroxyl groups excluding tert-OH is 1. The van der Waals surface area contributed by atoms with Crippen molar-refractivity contribution >= 4 is 5.97 Å². The number of carboxylic acids is 1. The van der Waals surface area contributed by atoms with Crippen molar-refractivity contribution in [1.82, 2.24) is 15.4 Å². The normalized spacial score (nSPS) is 17.9. The van der Waals surface area contributed by atoms with Gasteiger partial charge in [-0.15, -0.1) is 0 Å². The van der Waals surface area contributed by atoms with Gasteiger partial charge in [-0.1, -0.05) is 5.16 Å². The number of carbonyl (C=O) groups is 1. The van der Waals surface area contributed by atoms with Gasteiger partial charge in [0.2, 0.25) is 0 Å². The molecule has 1 atom stereocenters. The highest BCUT2D eigenvalue weighted by Gasteiger charge is 2.34. The molecule has 7 heteroatoms. The van der Waals surface area contributed by atoms with E-state index in [0.717, 1.165) is 0 Å². The van der Waals surface area contributed by atoms with E-state index in [4.69, 9.17) is 9.63 Å². The van der Waals surface area contributed by atoms with Crippen LogP contribution in [0.3, 0.4) is 0 Å². The van der Waals surface area contributed by atoms with E-state index in [1.807, 2.05) is 0 Å². The van der Waals surface area contributed by atoms with Crippen molar-refractivity contribution in [2.24, 2.45) is 0 Å². The Labute approximate surface area is 88.7 Å². The van der Waals surface area contributed by atoms with Gasteiger partial charge in [-0.25, -0.2) is 4.79 Å². The number of nitrogens with zero attached hydrogens (tertiary/aromatic N) is 2. The second-order valence-corrected chi connectivity index (χ2v) is 3.56. The highest BCUT2D eigenvalue weighted by Crippen LogP contribution is 2.39. The number of hydrogen-bond acceptors (Lipinski definition) is 5. The van der Waals surface area contributed by atoms with Crippen molar-refractivity contribution in [3.8, 4) is 11.3 Å². The molecule has 2 heterocycles. The molecule has 3 N–H and O–H groups in total. The predicted molar refractivity (Wildman–Crippen MR) is 49.7 cm³/mol. The molecular formula is C9H7N3O4. The van der Waals surface area contributed by atoms with Crippen molar-refractivity contribution < 1.29 is 19.5 Å². The molecule has 0 saturated heterocycles. The third-order valence-corrected chi connectivity index (χ3v) is 2.62. The van der Waals surface area contributed by atoms with Crippen LogP contribution in [-0.4, -0.2) is 31.5 Å². The van der Waals surface area contributed by atoms with Crippen molar-refractivity contribution in [1.29, 1.82) is 0 Å². The molecule has 0 fully saturated rings. The van der Waals surface area contributed by atoms with Crippen LogP contribution < -0.4 is 0 Å². The summed E-state index contributed by atoms with van der Waals surface area (Å²) in [5.41, 5.74) is 1.35. The molecule has 1 aliphatic rings. The largest absolute Gasteiger partial charge is 0.476 e. The zero-order valence-electron chi connectivity index (χ0n) is 7.97. The van der Waals surface area contributed by atoms with Crippen molar-refractivity contribution in [3.05, 3.63) is 23.1 Å². The van der Waals surface area contributed by atoms with Gasteiger partial charge in [0.1, 0.15) is 0 Å². The first kappa shape index (κ1) is 9.10. The summed E-state index contributed by atoms with van der Waals surface area (Å²) in [6.07, 6.45) is 0.876. The maximum atomic E-state index is 10.9. The molecule has 0 bridgehead atoms. The minimum atomic E-state index is -1.21. The Hall–Kier alpha value is -2.15. The van der Waals surface area contributed by atoms with Gasteiger partial charge in [0.15, 0.2) is 11.5 Å². The minimum Gasteiger partial charge on any atom is -0.476 e. The highest BCUT2D eigenvalue weighted by atomic mass is 16.5. The molecule has 2 aromatic heterocycles. The Balaban J connectivity index is 2.27. The Bertz CT molecular complexity index is 571. The standard InChI is InChI=1S/C9H7N3O4/c13-5-1-4-3(2-10-11-4)8-6(5)7(9(14)15)12-16-8/h2,5,13H,1H2,(H,10,11)(H,14,15). The first-order chi connectivity index (χ1) is 7.68. The predicted octanol–water partition coefficient (Wildman–Crippen LogP) is 0.352. The van der Waals surface area contributed by atoms with E-state index in [9.17, 15) is 9.90 Å². The number of hydrogen-bond donors (Lipinski definition) is 3. The van der Waals surface area contributed by atoms with Gasteiger partial charge < -0.3 is 14.7 Å². The highest BCUT2D eigenvalue weighted by molar-refractivity contribution is 5.90. The number of fused-ring (bicyclic) bond motifs is 3. The molecule has 0 aromatic carbocycles. The summed E-state index contributed by atoms with van der Waals surface area (Å²) in [4.78, 5) is 10.9. The van der Waals surface area contributed by atoms with Crippen molar-refractivity contribution in [2.75, 3.05) is 0 Å². The molecule has 1 unspecified atom stereocenters. The molecule has 3 rings (SSSR count). The lowest BCUT2D eigenvalue weighted by Gasteiger charge is -2.15. The van der Waals surface area contributed by atoms with E-state index in [1.54, 1.807) is 0 Å². The average Bonchev–Trinajstić information content (AvgIpc) is 2.80. The van der Waals surface area contributed by atoms with Gasteiger partial charge in [-0.3, -0.25) is 5.10 Å². The number of aromatic amines is 1. The van der Waals surface area contributed by atoms with Crippen molar-refractivity contribution in [2.45, 2.75) is 12.5 Å². The number of aromatic carboxylic acids is 1. The molecule has 0 aliphatic heterocycles. The summed E-state index contributed by atoms with van der Waals surface area (Å²) in [5, 5.41) is 28.7. The van der Waals surface area contributed by atoms with Crippen LogP contribution in [0.15, 0.2) is 10.7 Å². The van der Waals surface area contributed by atoms with Crippen LogP contribution in [0.5, 0.6) is 0 Å². The summed E-state index contributed by atoms with van der Waals surface area (Å²) in [7, 11) is 0. The molecule has 0 amide bonds. The lowest BCUT2D eigenvalue weighted by atomic mass is 9.92. The first-order valence-corrected chi connectivity index (χ1v) is 4.62. The van der Waals surface area contributed by atoms with E-state index in [-0.39, 0.29) is 23.4 Å². The summed E-state index contributed by atoms with van der Waals surface area (Å²) < 4.78 is 4.95. The second-order valence-electron chi connectivity index (χ2n) is 3.56. The fourth-order valence-electron chi connectivity index (χ4n) is 1.91. The molecule has 82 valence electrons. The fraction of sp³-hybridized carbons (Fsp3) is 0.222. The lowest BCUT2D eigenvalue weighted by Crippen LogP contribution is -2.12. The topological polar surface area (TPSA) is 112 Å². The zero-order chi connectivity index (χ0) is 11.3. The third kappa shape index (κ3) is 1.03. The van der Waals surface area contributed by atoms with Crippen LogP contribution in [0, 0.1) is 0 Å². The number of H-pyrrole nitrogens is 1. The zero-order valence-corrected chi connectivity index (χ0v) is 7.97. The first-order valence-electron chi connectivity index (χ1n) is 4.62. The van der Waals surface area contributed by atoms with Crippen LogP contribution in [-0.2, 0) is 6.42 Å². The van der Waals surface area contributed by atoms with Crippen LogP contribution >= 0.6 is 0 Å².